The molecule has 0 aromatic heterocycles. The minimum Gasteiger partial charge on any atom is -0.489 e. The number of aliphatic hydroxyl groups is 1. The van der Waals surface area contributed by atoms with Crippen molar-refractivity contribution in [2.75, 3.05) is 19.7 Å². The van der Waals surface area contributed by atoms with Gasteiger partial charge in [-0.05, 0) is 17.7 Å². The number of amides is 2. The van der Waals surface area contributed by atoms with Crippen molar-refractivity contribution in [3.63, 3.8) is 0 Å². The van der Waals surface area contributed by atoms with Crippen LogP contribution in [0.15, 0.2) is 48.5 Å². The van der Waals surface area contributed by atoms with Crippen LogP contribution in [0.3, 0.4) is 0 Å². The van der Waals surface area contributed by atoms with Gasteiger partial charge in [-0.1, -0.05) is 59.6 Å². The fourth-order valence-electron chi connectivity index (χ4n) is 3.11. The van der Waals surface area contributed by atoms with Crippen LogP contribution < -0.4 is 10.1 Å². The first kappa shape index (κ1) is 21.4. The monoisotopic (exact) mass is 436 g/mol. The van der Waals surface area contributed by atoms with Crippen LogP contribution >= 0.6 is 23.2 Å². The molecule has 3 rings (SSSR count). The number of halogens is 2. The van der Waals surface area contributed by atoms with Gasteiger partial charge in [0.1, 0.15) is 23.5 Å². The number of nitrogens with zero attached hydrogens (tertiary/aromatic N) is 1. The summed E-state index contributed by atoms with van der Waals surface area (Å²) in [6.45, 7) is 0.815. The highest BCUT2D eigenvalue weighted by Crippen LogP contribution is 2.31. The highest BCUT2D eigenvalue weighted by atomic mass is 35.5. The fourth-order valence-corrected chi connectivity index (χ4v) is 3.45. The molecule has 29 heavy (non-hydrogen) atoms. The van der Waals surface area contributed by atoms with Crippen molar-refractivity contribution in [3.8, 4) is 5.75 Å². The maximum absolute atomic E-state index is 12.4. The largest absolute Gasteiger partial charge is 0.489 e. The highest BCUT2D eigenvalue weighted by Gasteiger charge is 2.34. The molecule has 2 atom stereocenters. The van der Waals surface area contributed by atoms with Gasteiger partial charge < -0.3 is 20.1 Å². The van der Waals surface area contributed by atoms with E-state index in [9.17, 15) is 14.7 Å². The number of likely N-dealkylation sites (tertiary alicyclic amines) is 1. The summed E-state index contributed by atoms with van der Waals surface area (Å²) in [5.41, 5.74) is 1.02. The van der Waals surface area contributed by atoms with E-state index in [1.54, 1.807) is 23.1 Å². The molecule has 6 nitrogen and oxygen atoms in total. The van der Waals surface area contributed by atoms with Crippen molar-refractivity contribution in [2.24, 2.45) is 5.92 Å². The van der Waals surface area contributed by atoms with E-state index in [1.165, 1.54) is 0 Å². The molecule has 0 radical (unpaired) electrons. The van der Waals surface area contributed by atoms with E-state index in [2.05, 4.69) is 5.32 Å². The number of carbonyl (C=O) groups excluding carboxylic acids is 2. The zero-order valence-corrected chi connectivity index (χ0v) is 17.2. The molecular formula is C21H22Cl2N2O4. The average Bonchev–Trinajstić information content (AvgIpc) is 3.08. The summed E-state index contributed by atoms with van der Waals surface area (Å²) in [7, 11) is 0. The zero-order chi connectivity index (χ0) is 20.8. The Morgan fingerprint density at radius 3 is 2.72 bits per heavy atom. The lowest BCUT2D eigenvalue weighted by Gasteiger charge is -2.17. The second-order valence-corrected chi connectivity index (χ2v) is 7.71. The van der Waals surface area contributed by atoms with E-state index in [-0.39, 0.29) is 36.4 Å². The van der Waals surface area contributed by atoms with E-state index in [4.69, 9.17) is 27.9 Å². The first-order chi connectivity index (χ1) is 13.9. The van der Waals surface area contributed by atoms with E-state index < -0.39 is 12.0 Å². The molecule has 1 fully saturated rings. The molecule has 154 valence electrons. The maximum Gasteiger partial charge on any atom is 0.225 e. The summed E-state index contributed by atoms with van der Waals surface area (Å²) in [6, 6.07) is 14.6. The number of aliphatic hydroxyl groups excluding tert-OH is 1. The molecule has 8 heteroatoms. The minimum atomic E-state index is -0.925. The van der Waals surface area contributed by atoms with Crippen molar-refractivity contribution in [1.82, 2.24) is 10.2 Å². The summed E-state index contributed by atoms with van der Waals surface area (Å²) in [4.78, 5) is 26.3. The molecule has 2 aromatic carbocycles. The number of hydrogen-bond acceptors (Lipinski definition) is 4. The summed E-state index contributed by atoms with van der Waals surface area (Å²) in [5.74, 6) is -0.369. The van der Waals surface area contributed by atoms with E-state index in [0.717, 1.165) is 5.56 Å². The molecule has 0 saturated carbocycles. The van der Waals surface area contributed by atoms with Gasteiger partial charge in [0.05, 0.1) is 10.9 Å². The van der Waals surface area contributed by atoms with Crippen molar-refractivity contribution >= 4 is 35.0 Å². The average molecular weight is 437 g/mol. The fraction of sp³-hybridized carbons (Fsp3) is 0.333. The van der Waals surface area contributed by atoms with Gasteiger partial charge in [-0.3, -0.25) is 9.59 Å². The number of ether oxygens (including phenoxy) is 1. The van der Waals surface area contributed by atoms with Crippen LogP contribution in [0.4, 0.5) is 0 Å². The lowest BCUT2D eigenvalue weighted by atomic mass is 10.1. The number of rotatable bonds is 8. The quantitative estimate of drug-likeness (QED) is 0.666. The second-order valence-electron chi connectivity index (χ2n) is 6.92. The summed E-state index contributed by atoms with van der Waals surface area (Å²) in [6.07, 6.45) is -0.754. The molecule has 0 spiro atoms. The molecule has 1 saturated heterocycles. The topological polar surface area (TPSA) is 78.9 Å². The first-order valence-electron chi connectivity index (χ1n) is 9.28. The van der Waals surface area contributed by atoms with Gasteiger partial charge in [-0.25, -0.2) is 0 Å². The van der Waals surface area contributed by atoms with Crippen molar-refractivity contribution in [2.45, 2.75) is 19.1 Å². The lowest BCUT2D eigenvalue weighted by molar-refractivity contribution is -0.129. The van der Waals surface area contributed by atoms with Crippen LogP contribution in [0, 0.1) is 5.92 Å². The van der Waals surface area contributed by atoms with Gasteiger partial charge in [0.15, 0.2) is 0 Å². The third-order valence-electron chi connectivity index (χ3n) is 4.66. The van der Waals surface area contributed by atoms with E-state index in [0.29, 0.717) is 23.9 Å². The van der Waals surface area contributed by atoms with Gasteiger partial charge in [0, 0.05) is 26.1 Å². The van der Waals surface area contributed by atoms with Crippen molar-refractivity contribution in [3.05, 3.63) is 64.1 Å². The van der Waals surface area contributed by atoms with E-state index in [1.807, 2.05) is 30.3 Å². The van der Waals surface area contributed by atoms with Gasteiger partial charge in [0.2, 0.25) is 11.8 Å². The Balaban J connectivity index is 1.43. The molecule has 2 aromatic rings. The minimum absolute atomic E-state index is 0.0143. The Hall–Kier alpha value is -2.28. The standard InChI is InChI=1S/C21H22Cl2N2O4/c22-17-7-4-8-18(20(17)23)29-13-16(26)10-24-21(28)15-9-19(27)25(12-15)11-14-5-2-1-3-6-14/h1-8,15-16,26H,9-13H2,(H,24,28). The van der Waals surface area contributed by atoms with Gasteiger partial charge in [-0.15, -0.1) is 0 Å². The predicted octanol–water partition coefficient (Wildman–Crippen LogP) is 2.90. The van der Waals surface area contributed by atoms with Crippen LogP contribution in [-0.2, 0) is 16.1 Å². The summed E-state index contributed by atoms with van der Waals surface area (Å²) < 4.78 is 5.46. The number of carbonyl (C=O) groups is 2. The Bertz CT molecular complexity index is 863. The number of benzene rings is 2. The molecule has 2 amide bonds. The van der Waals surface area contributed by atoms with Gasteiger partial charge >= 0.3 is 0 Å². The smallest absolute Gasteiger partial charge is 0.225 e. The Kier molecular flexibility index (Phi) is 7.36. The van der Waals surface area contributed by atoms with Crippen LogP contribution in [0.1, 0.15) is 12.0 Å². The molecule has 1 aliphatic heterocycles. The molecule has 2 unspecified atom stereocenters. The van der Waals surface area contributed by atoms with Gasteiger partial charge in [-0.2, -0.15) is 0 Å². The highest BCUT2D eigenvalue weighted by molar-refractivity contribution is 6.42. The zero-order valence-electron chi connectivity index (χ0n) is 15.7. The predicted molar refractivity (Wildman–Crippen MR) is 111 cm³/mol. The molecule has 0 aliphatic carbocycles. The van der Waals surface area contributed by atoms with Crippen LogP contribution in [0.2, 0.25) is 10.0 Å². The van der Waals surface area contributed by atoms with Gasteiger partial charge in [0.25, 0.3) is 0 Å². The Morgan fingerprint density at radius 2 is 1.97 bits per heavy atom. The van der Waals surface area contributed by atoms with Crippen LogP contribution in [-0.4, -0.2) is 47.6 Å². The SMILES string of the molecule is O=C(NCC(O)COc1cccc(Cl)c1Cl)C1CC(=O)N(Cc2ccccc2)C1. The van der Waals surface area contributed by atoms with Crippen LogP contribution in [0.5, 0.6) is 5.75 Å². The summed E-state index contributed by atoms with van der Waals surface area (Å²) in [5, 5.41) is 13.4. The van der Waals surface area contributed by atoms with Crippen molar-refractivity contribution < 1.29 is 19.4 Å². The third kappa shape index (κ3) is 5.85. The maximum atomic E-state index is 12.4. The summed E-state index contributed by atoms with van der Waals surface area (Å²) >= 11 is 11.9. The number of nitrogens with one attached hydrogen (secondary N) is 1. The Morgan fingerprint density at radius 1 is 1.21 bits per heavy atom. The van der Waals surface area contributed by atoms with E-state index >= 15 is 0 Å². The molecule has 1 heterocycles. The number of hydrogen-bond donors (Lipinski definition) is 2. The molecule has 1 aliphatic rings. The third-order valence-corrected chi connectivity index (χ3v) is 5.46. The molecule has 0 bridgehead atoms. The lowest BCUT2D eigenvalue weighted by Crippen LogP contribution is -2.39. The Labute approximate surface area is 179 Å². The molecule has 2 N–H and O–H groups in total. The normalized spacial score (nSPS) is 17.3. The second kappa shape index (κ2) is 9.96. The van der Waals surface area contributed by atoms with Crippen molar-refractivity contribution in [1.29, 1.82) is 0 Å². The molecular weight excluding hydrogens is 415 g/mol. The van der Waals surface area contributed by atoms with Crippen LogP contribution in [0.25, 0.3) is 0 Å². The first-order valence-corrected chi connectivity index (χ1v) is 10.0.